The van der Waals surface area contributed by atoms with Gasteiger partial charge < -0.3 is 10.6 Å². The largest absolute Gasteiger partial charge is 0.365 e. The summed E-state index contributed by atoms with van der Waals surface area (Å²) >= 11 is 0. The van der Waals surface area contributed by atoms with Crippen LogP contribution in [-0.2, 0) is 13.1 Å². The van der Waals surface area contributed by atoms with Crippen LogP contribution in [0.4, 0.5) is 11.8 Å². The fourth-order valence-corrected chi connectivity index (χ4v) is 2.04. The molecule has 6 heteroatoms. The fourth-order valence-electron chi connectivity index (χ4n) is 2.04. The van der Waals surface area contributed by atoms with Gasteiger partial charge in [0.1, 0.15) is 0 Å². The second-order valence-electron chi connectivity index (χ2n) is 5.21. The van der Waals surface area contributed by atoms with Crippen LogP contribution in [0.1, 0.15) is 16.7 Å². The van der Waals surface area contributed by atoms with Crippen LogP contribution in [0.2, 0.25) is 0 Å². The summed E-state index contributed by atoms with van der Waals surface area (Å²) in [6.07, 6.45) is 5.14. The van der Waals surface area contributed by atoms with Crippen LogP contribution in [0.25, 0.3) is 0 Å². The van der Waals surface area contributed by atoms with Crippen LogP contribution in [-0.4, -0.2) is 20.2 Å². The van der Waals surface area contributed by atoms with Gasteiger partial charge in [-0.3, -0.25) is 4.98 Å². The lowest BCUT2D eigenvalue weighted by Crippen LogP contribution is -2.08. The number of nitrogens with zero attached hydrogens (tertiary/aromatic N) is 4. The SMILES string of the molecule is Cc1ccc(CNc2cnnc(NCc3ccncc3)n2)cc1. The minimum atomic E-state index is 0.496. The van der Waals surface area contributed by atoms with Gasteiger partial charge in [0.25, 0.3) is 0 Å². The van der Waals surface area contributed by atoms with Gasteiger partial charge >= 0.3 is 0 Å². The number of hydrogen-bond donors (Lipinski definition) is 2. The van der Waals surface area contributed by atoms with Gasteiger partial charge in [-0.25, -0.2) is 0 Å². The summed E-state index contributed by atoms with van der Waals surface area (Å²) in [7, 11) is 0. The maximum absolute atomic E-state index is 4.41. The number of anilines is 2. The molecule has 2 aromatic heterocycles. The number of rotatable bonds is 6. The van der Waals surface area contributed by atoms with Crippen LogP contribution in [0.3, 0.4) is 0 Å². The van der Waals surface area contributed by atoms with E-state index in [1.54, 1.807) is 18.6 Å². The average Bonchev–Trinajstić information content (AvgIpc) is 2.61. The number of benzene rings is 1. The van der Waals surface area contributed by atoms with Crippen molar-refractivity contribution in [2.24, 2.45) is 0 Å². The molecule has 3 rings (SSSR count). The molecule has 0 unspecified atom stereocenters. The van der Waals surface area contributed by atoms with Gasteiger partial charge in [-0.05, 0) is 30.2 Å². The first-order valence-electron chi connectivity index (χ1n) is 7.41. The summed E-state index contributed by atoms with van der Waals surface area (Å²) in [6.45, 7) is 3.40. The third kappa shape index (κ3) is 4.47. The summed E-state index contributed by atoms with van der Waals surface area (Å²) in [5.41, 5.74) is 3.56. The number of aromatic nitrogens is 4. The molecule has 3 aromatic rings. The monoisotopic (exact) mass is 306 g/mol. The van der Waals surface area contributed by atoms with E-state index in [1.807, 2.05) is 12.1 Å². The second-order valence-corrected chi connectivity index (χ2v) is 5.21. The highest BCUT2D eigenvalue weighted by atomic mass is 15.3. The molecule has 0 atom stereocenters. The van der Waals surface area contributed by atoms with Crippen LogP contribution in [0.5, 0.6) is 0 Å². The van der Waals surface area contributed by atoms with Crippen molar-refractivity contribution in [1.82, 2.24) is 20.2 Å². The third-order valence-corrected chi connectivity index (χ3v) is 3.35. The van der Waals surface area contributed by atoms with E-state index in [0.29, 0.717) is 24.9 Å². The fraction of sp³-hybridized carbons (Fsp3) is 0.176. The van der Waals surface area contributed by atoms with Gasteiger partial charge in [0.05, 0.1) is 6.20 Å². The third-order valence-electron chi connectivity index (χ3n) is 3.35. The molecule has 0 radical (unpaired) electrons. The van der Waals surface area contributed by atoms with E-state index in [0.717, 1.165) is 5.56 Å². The van der Waals surface area contributed by atoms with Crippen LogP contribution >= 0.6 is 0 Å². The molecule has 0 fully saturated rings. The lowest BCUT2D eigenvalue weighted by atomic mass is 10.1. The molecule has 116 valence electrons. The lowest BCUT2D eigenvalue weighted by molar-refractivity contribution is 0.936. The smallest absolute Gasteiger partial charge is 0.244 e. The van der Waals surface area contributed by atoms with Crippen molar-refractivity contribution in [1.29, 1.82) is 0 Å². The average molecular weight is 306 g/mol. The summed E-state index contributed by atoms with van der Waals surface area (Å²) in [5, 5.41) is 14.4. The summed E-state index contributed by atoms with van der Waals surface area (Å²) < 4.78 is 0. The molecule has 1 aromatic carbocycles. The maximum Gasteiger partial charge on any atom is 0.244 e. The van der Waals surface area contributed by atoms with Crippen molar-refractivity contribution in [3.05, 3.63) is 71.7 Å². The van der Waals surface area contributed by atoms with Crippen molar-refractivity contribution in [2.75, 3.05) is 10.6 Å². The Hall–Kier alpha value is -3.02. The van der Waals surface area contributed by atoms with Gasteiger partial charge in [0.15, 0.2) is 5.82 Å². The highest BCUT2D eigenvalue weighted by molar-refractivity contribution is 5.38. The van der Waals surface area contributed by atoms with Crippen LogP contribution < -0.4 is 10.6 Å². The first kappa shape index (κ1) is 14.9. The molecule has 2 heterocycles. The zero-order chi connectivity index (χ0) is 15.9. The predicted octanol–water partition coefficient (Wildman–Crippen LogP) is 2.80. The summed E-state index contributed by atoms with van der Waals surface area (Å²) in [4.78, 5) is 8.40. The molecule has 0 aliphatic carbocycles. The topological polar surface area (TPSA) is 75.6 Å². The number of aryl methyl sites for hydroxylation is 1. The lowest BCUT2D eigenvalue weighted by Gasteiger charge is -2.08. The van der Waals surface area contributed by atoms with Gasteiger partial charge in [0, 0.05) is 25.5 Å². The van der Waals surface area contributed by atoms with Gasteiger partial charge in [-0.2, -0.15) is 10.1 Å². The zero-order valence-electron chi connectivity index (χ0n) is 12.9. The zero-order valence-corrected chi connectivity index (χ0v) is 12.9. The Balaban J connectivity index is 1.57. The standard InChI is InChI=1S/C17H18N6/c1-13-2-4-14(5-3-13)10-19-16-12-21-23-17(22-16)20-11-15-6-8-18-9-7-15/h2-9,12H,10-11H2,1H3,(H2,19,20,22,23). The first-order valence-corrected chi connectivity index (χ1v) is 7.41. The number of nitrogens with one attached hydrogen (secondary N) is 2. The molecule has 0 saturated heterocycles. The van der Waals surface area contributed by atoms with Gasteiger partial charge in [0.2, 0.25) is 5.95 Å². The van der Waals surface area contributed by atoms with Crippen molar-refractivity contribution in [2.45, 2.75) is 20.0 Å². The van der Waals surface area contributed by atoms with Gasteiger partial charge in [-0.1, -0.05) is 29.8 Å². The highest BCUT2D eigenvalue weighted by Gasteiger charge is 2.01. The number of hydrogen-bond acceptors (Lipinski definition) is 6. The van der Waals surface area contributed by atoms with E-state index >= 15 is 0 Å². The Morgan fingerprint density at radius 2 is 1.57 bits per heavy atom. The van der Waals surface area contributed by atoms with E-state index in [1.165, 1.54) is 11.1 Å². The molecule has 0 bridgehead atoms. The van der Waals surface area contributed by atoms with Gasteiger partial charge in [-0.15, -0.1) is 5.10 Å². The molecule has 23 heavy (non-hydrogen) atoms. The first-order chi connectivity index (χ1) is 11.3. The van der Waals surface area contributed by atoms with E-state index in [4.69, 9.17) is 0 Å². The Bertz CT molecular complexity index is 743. The van der Waals surface area contributed by atoms with Crippen LogP contribution in [0, 0.1) is 6.92 Å². The quantitative estimate of drug-likeness (QED) is 0.729. The van der Waals surface area contributed by atoms with Crippen LogP contribution in [0.15, 0.2) is 55.0 Å². The molecule has 0 spiro atoms. The summed E-state index contributed by atoms with van der Waals surface area (Å²) in [6, 6.07) is 12.3. The molecule has 0 aliphatic heterocycles. The molecular weight excluding hydrogens is 288 g/mol. The van der Waals surface area contributed by atoms with E-state index in [-0.39, 0.29) is 0 Å². The van der Waals surface area contributed by atoms with Crippen molar-refractivity contribution in [3.8, 4) is 0 Å². The molecular formula is C17H18N6. The van der Waals surface area contributed by atoms with Crippen molar-refractivity contribution in [3.63, 3.8) is 0 Å². The highest BCUT2D eigenvalue weighted by Crippen LogP contribution is 2.09. The molecule has 0 aliphatic rings. The Morgan fingerprint density at radius 3 is 2.35 bits per heavy atom. The molecule has 0 saturated carbocycles. The van der Waals surface area contributed by atoms with E-state index in [2.05, 4.69) is 62.0 Å². The van der Waals surface area contributed by atoms with E-state index in [9.17, 15) is 0 Å². The number of pyridine rings is 1. The minimum Gasteiger partial charge on any atom is -0.365 e. The Kier molecular flexibility index (Phi) is 4.73. The molecule has 0 amide bonds. The molecule has 2 N–H and O–H groups in total. The summed E-state index contributed by atoms with van der Waals surface area (Å²) in [5.74, 6) is 1.19. The molecule has 6 nitrogen and oxygen atoms in total. The van der Waals surface area contributed by atoms with Crippen molar-refractivity contribution >= 4 is 11.8 Å². The van der Waals surface area contributed by atoms with E-state index < -0.39 is 0 Å². The minimum absolute atomic E-state index is 0.496. The predicted molar refractivity (Wildman–Crippen MR) is 89.9 cm³/mol. The Morgan fingerprint density at radius 1 is 0.870 bits per heavy atom. The second kappa shape index (κ2) is 7.31. The Labute approximate surface area is 135 Å². The van der Waals surface area contributed by atoms with Crippen molar-refractivity contribution < 1.29 is 0 Å². The normalized spacial score (nSPS) is 10.3. The maximum atomic E-state index is 4.41.